The van der Waals surface area contributed by atoms with Crippen LogP contribution in [0.15, 0.2) is 78.9 Å². The number of hydrogen-bond donors (Lipinski definition) is 1. The average Bonchev–Trinajstić information content (AvgIpc) is 2.71. The molecule has 0 saturated heterocycles. The molecule has 0 radical (unpaired) electrons. The highest BCUT2D eigenvalue weighted by Gasteiger charge is 2.21. The van der Waals surface area contributed by atoms with Gasteiger partial charge in [-0.05, 0) is 54.4 Å². The van der Waals surface area contributed by atoms with Crippen molar-refractivity contribution in [3.8, 4) is 5.75 Å². The smallest absolute Gasteiger partial charge is 0.245 e. The van der Waals surface area contributed by atoms with E-state index in [-0.39, 0.29) is 6.54 Å². The summed E-state index contributed by atoms with van der Waals surface area (Å²) in [5, 5.41) is 2.73. The number of sulfonamides is 1. The molecule has 0 bridgehead atoms. The zero-order valence-corrected chi connectivity index (χ0v) is 17.7. The molecule has 3 rings (SSSR count). The van der Waals surface area contributed by atoms with Gasteiger partial charge in [0.1, 0.15) is 18.9 Å². The van der Waals surface area contributed by atoms with Crippen molar-refractivity contribution in [1.82, 2.24) is 0 Å². The highest BCUT2D eigenvalue weighted by molar-refractivity contribution is 7.92. The van der Waals surface area contributed by atoms with E-state index in [0.717, 1.165) is 21.7 Å². The summed E-state index contributed by atoms with van der Waals surface area (Å²) >= 11 is 0. The van der Waals surface area contributed by atoms with Gasteiger partial charge in [-0.1, -0.05) is 42.5 Å². The van der Waals surface area contributed by atoms with E-state index in [9.17, 15) is 13.2 Å². The van der Waals surface area contributed by atoms with Crippen molar-refractivity contribution in [2.75, 3.05) is 22.4 Å². The molecule has 0 aromatic heterocycles. The highest BCUT2D eigenvalue weighted by atomic mass is 32.2. The molecule has 0 saturated carbocycles. The quantitative estimate of drug-likeness (QED) is 0.594. The molecule has 0 aliphatic carbocycles. The van der Waals surface area contributed by atoms with Crippen molar-refractivity contribution in [1.29, 1.82) is 0 Å². The van der Waals surface area contributed by atoms with Crippen LogP contribution >= 0.6 is 0 Å². The number of anilines is 2. The monoisotopic (exact) mass is 424 g/mol. The molecule has 156 valence electrons. The van der Waals surface area contributed by atoms with Crippen LogP contribution in [0.4, 0.5) is 11.4 Å². The lowest BCUT2D eigenvalue weighted by atomic mass is 10.2. The number of benzene rings is 3. The average molecular weight is 425 g/mol. The second-order valence-corrected chi connectivity index (χ2v) is 8.86. The highest BCUT2D eigenvalue weighted by Crippen LogP contribution is 2.20. The summed E-state index contributed by atoms with van der Waals surface area (Å²) in [7, 11) is -3.61. The predicted octanol–water partition coefficient (Wildman–Crippen LogP) is 3.98. The van der Waals surface area contributed by atoms with Crippen molar-refractivity contribution in [2.24, 2.45) is 0 Å². The number of carbonyl (C=O) groups is 1. The van der Waals surface area contributed by atoms with Crippen LogP contribution in [0.3, 0.4) is 0 Å². The van der Waals surface area contributed by atoms with Crippen LogP contribution < -0.4 is 14.4 Å². The fraction of sp³-hybridized carbons (Fsp3) is 0.174. The summed E-state index contributed by atoms with van der Waals surface area (Å²) in [4.78, 5) is 12.5. The number of ether oxygens (including phenoxy) is 1. The summed E-state index contributed by atoms with van der Waals surface area (Å²) in [5.74, 6) is 0.245. The molecular weight excluding hydrogens is 400 g/mol. The number of carbonyl (C=O) groups excluding carboxylic acids is 1. The van der Waals surface area contributed by atoms with E-state index in [1.807, 2.05) is 43.3 Å². The number of hydrogen-bond acceptors (Lipinski definition) is 4. The molecule has 0 unspecified atom stereocenters. The third-order valence-corrected chi connectivity index (χ3v) is 5.50. The first kappa shape index (κ1) is 21.4. The summed E-state index contributed by atoms with van der Waals surface area (Å²) in [6.45, 7) is 2.01. The molecule has 30 heavy (non-hydrogen) atoms. The first-order chi connectivity index (χ1) is 14.3. The topological polar surface area (TPSA) is 75.7 Å². The van der Waals surface area contributed by atoms with Gasteiger partial charge in [0.25, 0.3) is 0 Å². The second kappa shape index (κ2) is 9.45. The molecule has 1 amide bonds. The van der Waals surface area contributed by atoms with Gasteiger partial charge in [0.05, 0.1) is 11.9 Å². The maximum atomic E-state index is 12.5. The van der Waals surface area contributed by atoms with Gasteiger partial charge in [-0.25, -0.2) is 8.42 Å². The molecule has 0 aliphatic rings. The molecule has 6 nitrogen and oxygen atoms in total. The van der Waals surface area contributed by atoms with Crippen LogP contribution in [0.2, 0.25) is 0 Å². The number of rotatable bonds is 8. The van der Waals surface area contributed by atoms with Crippen molar-refractivity contribution in [3.05, 3.63) is 90.0 Å². The lowest BCUT2D eigenvalue weighted by molar-refractivity contribution is -0.114. The first-order valence-corrected chi connectivity index (χ1v) is 11.3. The Morgan fingerprint density at radius 2 is 1.67 bits per heavy atom. The number of nitrogens with one attached hydrogen (secondary N) is 1. The Morgan fingerprint density at radius 3 is 2.30 bits per heavy atom. The molecule has 7 heteroatoms. The zero-order valence-electron chi connectivity index (χ0n) is 16.9. The molecule has 0 spiro atoms. The van der Waals surface area contributed by atoms with Crippen LogP contribution in [0, 0.1) is 6.92 Å². The van der Waals surface area contributed by atoms with Crippen LogP contribution in [0.25, 0.3) is 0 Å². The van der Waals surface area contributed by atoms with Crippen molar-refractivity contribution in [2.45, 2.75) is 13.5 Å². The third-order valence-electron chi connectivity index (χ3n) is 4.36. The molecule has 0 atom stereocenters. The fourth-order valence-electron chi connectivity index (χ4n) is 2.89. The number of amides is 1. The third kappa shape index (κ3) is 6.09. The van der Waals surface area contributed by atoms with Gasteiger partial charge in [-0.3, -0.25) is 9.10 Å². The van der Waals surface area contributed by atoms with Crippen LogP contribution in [-0.2, 0) is 21.4 Å². The normalized spacial score (nSPS) is 11.0. The second-order valence-electron chi connectivity index (χ2n) is 6.96. The largest absolute Gasteiger partial charge is 0.489 e. The maximum Gasteiger partial charge on any atom is 0.245 e. The number of nitrogens with zero attached hydrogens (tertiary/aromatic N) is 1. The van der Waals surface area contributed by atoms with E-state index in [1.54, 1.807) is 42.5 Å². The molecule has 3 aromatic carbocycles. The lowest BCUT2D eigenvalue weighted by Crippen LogP contribution is -2.37. The van der Waals surface area contributed by atoms with Gasteiger partial charge in [0.2, 0.25) is 15.9 Å². The van der Waals surface area contributed by atoms with E-state index in [4.69, 9.17) is 4.74 Å². The molecule has 1 N–H and O–H groups in total. The van der Waals surface area contributed by atoms with E-state index in [1.165, 1.54) is 0 Å². The molecule has 0 fully saturated rings. The van der Waals surface area contributed by atoms with Gasteiger partial charge in [-0.15, -0.1) is 0 Å². The predicted molar refractivity (Wildman–Crippen MR) is 119 cm³/mol. The summed E-state index contributed by atoms with van der Waals surface area (Å²) in [6.07, 6.45) is 1.08. The minimum Gasteiger partial charge on any atom is -0.489 e. The van der Waals surface area contributed by atoms with Gasteiger partial charge in [0, 0.05) is 5.69 Å². The standard InChI is InChI=1S/C23H24N2O4S/c1-18-7-6-10-21(15-18)25(30(2,27)28)16-23(26)24-20-11-13-22(14-12-20)29-17-19-8-4-3-5-9-19/h3-15H,16-17H2,1-2H3,(H,24,26). The van der Waals surface area contributed by atoms with Gasteiger partial charge in [0.15, 0.2) is 0 Å². The molecular formula is C23H24N2O4S. The van der Waals surface area contributed by atoms with Crippen molar-refractivity contribution < 1.29 is 17.9 Å². The Morgan fingerprint density at radius 1 is 0.967 bits per heavy atom. The Hall–Kier alpha value is -3.32. The minimum atomic E-state index is -3.61. The first-order valence-electron chi connectivity index (χ1n) is 9.42. The van der Waals surface area contributed by atoms with E-state index in [2.05, 4.69) is 5.32 Å². The summed E-state index contributed by atoms with van der Waals surface area (Å²) in [6, 6.07) is 23.8. The number of aryl methyl sites for hydroxylation is 1. The zero-order chi connectivity index (χ0) is 21.6. The maximum absolute atomic E-state index is 12.5. The molecule has 0 heterocycles. The Kier molecular flexibility index (Phi) is 6.74. The van der Waals surface area contributed by atoms with Crippen molar-refractivity contribution in [3.63, 3.8) is 0 Å². The Bertz CT molecular complexity index is 1100. The van der Waals surface area contributed by atoms with Gasteiger partial charge in [-0.2, -0.15) is 0 Å². The Balaban J connectivity index is 1.61. The SMILES string of the molecule is Cc1cccc(N(CC(=O)Nc2ccc(OCc3ccccc3)cc2)S(C)(=O)=O)c1. The fourth-order valence-corrected chi connectivity index (χ4v) is 3.74. The van der Waals surface area contributed by atoms with Crippen molar-refractivity contribution >= 4 is 27.3 Å². The van der Waals surface area contributed by atoms with Crippen LogP contribution in [0.5, 0.6) is 5.75 Å². The van der Waals surface area contributed by atoms with Gasteiger partial charge >= 0.3 is 0 Å². The Labute approximate surface area is 177 Å². The summed E-state index contributed by atoms with van der Waals surface area (Å²) in [5.41, 5.74) is 2.99. The van der Waals surface area contributed by atoms with E-state index >= 15 is 0 Å². The lowest BCUT2D eigenvalue weighted by Gasteiger charge is -2.22. The minimum absolute atomic E-state index is 0.311. The van der Waals surface area contributed by atoms with E-state index < -0.39 is 15.9 Å². The molecule has 0 aliphatic heterocycles. The van der Waals surface area contributed by atoms with Crippen LogP contribution in [0.1, 0.15) is 11.1 Å². The molecule has 3 aromatic rings. The van der Waals surface area contributed by atoms with Gasteiger partial charge < -0.3 is 10.1 Å². The van der Waals surface area contributed by atoms with Crippen LogP contribution in [-0.4, -0.2) is 27.1 Å². The van der Waals surface area contributed by atoms with E-state index in [0.29, 0.717) is 23.7 Å². The summed E-state index contributed by atoms with van der Waals surface area (Å²) < 4.78 is 31.2.